The van der Waals surface area contributed by atoms with Crippen molar-refractivity contribution >= 4 is 0 Å². The van der Waals surface area contributed by atoms with Crippen LogP contribution in [0.2, 0.25) is 0 Å². The Kier molecular flexibility index (Phi) is 8.76. The summed E-state index contributed by atoms with van der Waals surface area (Å²) in [6.07, 6.45) is -6.39. The van der Waals surface area contributed by atoms with Gasteiger partial charge in [-0.25, -0.2) is 0 Å². The largest absolute Gasteiger partial charge is 0.417 e. The molecule has 2 aromatic rings. The summed E-state index contributed by atoms with van der Waals surface area (Å²) in [7, 11) is 0. The quantitative estimate of drug-likeness (QED) is 0.303. The first-order chi connectivity index (χ1) is 16.9. The number of alkyl halides is 6. The molecule has 0 saturated heterocycles. The van der Waals surface area contributed by atoms with E-state index in [1.54, 1.807) is 0 Å². The SMILES string of the molecule is CC(C)N(CCCC(C#N)(c1ccc(C(F)(F)F)c(C(F)(F)F)c1)C1CCC1)CCc1ccccc1. The lowest BCUT2D eigenvalue weighted by Gasteiger charge is -2.42. The fourth-order valence-electron chi connectivity index (χ4n) is 5.11. The molecule has 8 heteroatoms. The summed E-state index contributed by atoms with van der Waals surface area (Å²) in [6, 6.07) is 14.7. The minimum atomic E-state index is -5.17. The van der Waals surface area contributed by atoms with Crippen LogP contribution in [0.3, 0.4) is 0 Å². The topological polar surface area (TPSA) is 27.0 Å². The maximum absolute atomic E-state index is 13.6. The Labute approximate surface area is 208 Å². The van der Waals surface area contributed by atoms with E-state index in [-0.39, 0.29) is 17.5 Å². The summed E-state index contributed by atoms with van der Waals surface area (Å²) in [6.45, 7) is 5.58. The number of hydrogen-bond donors (Lipinski definition) is 0. The molecule has 0 spiro atoms. The van der Waals surface area contributed by atoms with Crippen LogP contribution >= 0.6 is 0 Å². The summed E-state index contributed by atoms with van der Waals surface area (Å²) in [4.78, 5) is 2.27. The van der Waals surface area contributed by atoms with Crippen molar-refractivity contribution in [2.24, 2.45) is 5.92 Å². The summed E-state index contributed by atoms with van der Waals surface area (Å²) >= 11 is 0. The molecule has 36 heavy (non-hydrogen) atoms. The minimum Gasteiger partial charge on any atom is -0.301 e. The van der Waals surface area contributed by atoms with Gasteiger partial charge in [0.2, 0.25) is 0 Å². The Morgan fingerprint density at radius 2 is 1.56 bits per heavy atom. The predicted octanol–water partition coefficient (Wildman–Crippen LogP) is 8.02. The van der Waals surface area contributed by atoms with E-state index in [1.165, 1.54) is 5.56 Å². The fourth-order valence-corrected chi connectivity index (χ4v) is 5.11. The third-order valence-electron chi connectivity index (χ3n) is 7.42. The van der Waals surface area contributed by atoms with Gasteiger partial charge in [0.15, 0.2) is 0 Å². The van der Waals surface area contributed by atoms with Crippen molar-refractivity contribution in [1.29, 1.82) is 5.26 Å². The summed E-state index contributed by atoms with van der Waals surface area (Å²) < 4.78 is 80.8. The van der Waals surface area contributed by atoms with Crippen LogP contribution in [-0.4, -0.2) is 24.0 Å². The molecule has 1 fully saturated rings. The number of hydrogen-bond acceptors (Lipinski definition) is 2. The van der Waals surface area contributed by atoms with Crippen molar-refractivity contribution in [3.05, 3.63) is 70.8 Å². The standard InChI is InChI=1S/C28H32F6N2/c1-20(2)36(17-14-21-8-4-3-5-9-21)16-7-15-26(19-35,22-10-6-11-22)23-12-13-24(27(29,30)31)25(18-23)28(32,33)34/h3-5,8-9,12-13,18,20,22H,6-7,10-11,14-17H2,1-2H3. The maximum atomic E-state index is 13.6. The lowest BCUT2D eigenvalue weighted by molar-refractivity contribution is -0.162. The van der Waals surface area contributed by atoms with Crippen LogP contribution in [0, 0.1) is 17.2 Å². The molecule has 1 saturated carbocycles. The molecule has 0 radical (unpaired) electrons. The number of rotatable bonds is 10. The van der Waals surface area contributed by atoms with Crippen LogP contribution in [-0.2, 0) is 24.2 Å². The number of halogens is 6. The van der Waals surface area contributed by atoms with Crippen LogP contribution in [0.25, 0.3) is 0 Å². The number of nitriles is 1. The third kappa shape index (κ3) is 6.42. The zero-order chi connectivity index (χ0) is 26.6. The first-order valence-corrected chi connectivity index (χ1v) is 12.4. The van der Waals surface area contributed by atoms with Crippen LogP contribution < -0.4 is 0 Å². The van der Waals surface area contributed by atoms with Gasteiger partial charge in [-0.1, -0.05) is 42.8 Å². The lowest BCUT2D eigenvalue weighted by Crippen LogP contribution is -2.40. The van der Waals surface area contributed by atoms with Gasteiger partial charge >= 0.3 is 12.4 Å². The highest BCUT2D eigenvalue weighted by atomic mass is 19.4. The summed E-state index contributed by atoms with van der Waals surface area (Å²) in [5.74, 6) is -0.169. The molecule has 1 aliphatic rings. The van der Waals surface area contributed by atoms with Gasteiger partial charge in [0.05, 0.1) is 22.6 Å². The van der Waals surface area contributed by atoms with Gasteiger partial charge in [-0.2, -0.15) is 31.6 Å². The first-order valence-electron chi connectivity index (χ1n) is 12.4. The minimum absolute atomic E-state index is 0.0374. The Balaban J connectivity index is 1.84. The molecule has 0 heterocycles. The van der Waals surface area contributed by atoms with Crippen LogP contribution in [0.1, 0.15) is 68.2 Å². The fraction of sp³-hybridized carbons (Fsp3) is 0.536. The molecule has 3 rings (SSSR count). The summed E-state index contributed by atoms with van der Waals surface area (Å²) in [5, 5.41) is 10.2. The molecule has 1 unspecified atom stereocenters. The second-order valence-electron chi connectivity index (χ2n) is 9.94. The Bertz CT molecular complexity index is 1030. The zero-order valence-corrected chi connectivity index (χ0v) is 20.6. The molecule has 1 aliphatic carbocycles. The van der Waals surface area contributed by atoms with Crippen molar-refractivity contribution in [3.63, 3.8) is 0 Å². The van der Waals surface area contributed by atoms with Gasteiger partial charge in [-0.15, -0.1) is 0 Å². The van der Waals surface area contributed by atoms with Crippen molar-refractivity contribution in [1.82, 2.24) is 4.90 Å². The predicted molar refractivity (Wildman–Crippen MR) is 127 cm³/mol. The van der Waals surface area contributed by atoms with Gasteiger partial charge in [0, 0.05) is 12.6 Å². The summed E-state index contributed by atoms with van der Waals surface area (Å²) in [5.41, 5.74) is -3.45. The Morgan fingerprint density at radius 1 is 0.917 bits per heavy atom. The van der Waals surface area contributed by atoms with Gasteiger partial charge in [-0.3, -0.25) is 0 Å². The van der Waals surface area contributed by atoms with E-state index < -0.39 is 28.9 Å². The maximum Gasteiger partial charge on any atom is 0.417 e. The average molecular weight is 511 g/mol. The lowest BCUT2D eigenvalue weighted by atomic mass is 9.60. The molecular formula is C28H32F6N2. The van der Waals surface area contributed by atoms with E-state index in [0.717, 1.165) is 25.5 Å². The number of benzene rings is 2. The van der Waals surface area contributed by atoms with E-state index in [2.05, 4.69) is 36.9 Å². The van der Waals surface area contributed by atoms with E-state index >= 15 is 0 Å². The molecule has 2 nitrogen and oxygen atoms in total. The molecule has 1 atom stereocenters. The molecule has 0 aliphatic heterocycles. The highest BCUT2D eigenvalue weighted by Crippen LogP contribution is 2.49. The molecule has 0 amide bonds. The second kappa shape index (κ2) is 11.2. The van der Waals surface area contributed by atoms with Crippen LogP contribution in [0.15, 0.2) is 48.5 Å². The average Bonchev–Trinajstić information content (AvgIpc) is 2.78. The van der Waals surface area contributed by atoms with Gasteiger partial charge in [0.1, 0.15) is 0 Å². The first kappa shape index (κ1) is 28.0. The number of nitrogens with zero attached hydrogens (tertiary/aromatic N) is 2. The highest BCUT2D eigenvalue weighted by molar-refractivity contribution is 5.43. The van der Waals surface area contributed by atoms with E-state index in [1.807, 2.05) is 18.2 Å². The van der Waals surface area contributed by atoms with E-state index in [4.69, 9.17) is 0 Å². The Hall–Kier alpha value is -2.53. The molecular weight excluding hydrogens is 478 g/mol. The molecule has 196 valence electrons. The Morgan fingerprint density at radius 3 is 2.06 bits per heavy atom. The van der Waals surface area contributed by atoms with E-state index in [0.29, 0.717) is 44.4 Å². The van der Waals surface area contributed by atoms with Crippen molar-refractivity contribution < 1.29 is 26.3 Å². The van der Waals surface area contributed by atoms with Crippen LogP contribution in [0.4, 0.5) is 26.3 Å². The zero-order valence-electron chi connectivity index (χ0n) is 20.6. The van der Waals surface area contributed by atoms with Crippen LogP contribution in [0.5, 0.6) is 0 Å². The third-order valence-corrected chi connectivity index (χ3v) is 7.42. The van der Waals surface area contributed by atoms with Crippen molar-refractivity contribution in [2.75, 3.05) is 13.1 Å². The van der Waals surface area contributed by atoms with Gasteiger partial charge in [0.25, 0.3) is 0 Å². The monoisotopic (exact) mass is 510 g/mol. The second-order valence-corrected chi connectivity index (χ2v) is 9.94. The molecule has 0 bridgehead atoms. The molecule has 0 N–H and O–H groups in total. The smallest absolute Gasteiger partial charge is 0.301 e. The molecule has 0 aromatic heterocycles. The van der Waals surface area contributed by atoms with Crippen molar-refractivity contribution in [2.45, 2.75) is 76.2 Å². The molecule has 2 aromatic carbocycles. The van der Waals surface area contributed by atoms with Crippen molar-refractivity contribution in [3.8, 4) is 6.07 Å². The normalized spacial score (nSPS) is 16.6. The van der Waals surface area contributed by atoms with E-state index in [9.17, 15) is 31.6 Å². The highest BCUT2D eigenvalue weighted by Gasteiger charge is 2.47. The van der Waals surface area contributed by atoms with Gasteiger partial charge in [-0.05, 0) is 81.7 Å². The van der Waals surface area contributed by atoms with Gasteiger partial charge < -0.3 is 4.90 Å².